The molecule has 1 aromatic rings. The molecule has 0 amide bonds. The van der Waals surface area contributed by atoms with Gasteiger partial charge in [0.1, 0.15) is 0 Å². The minimum atomic E-state index is 0.222. The number of hydrogen-bond acceptors (Lipinski definition) is 4. The number of benzene rings is 1. The summed E-state index contributed by atoms with van der Waals surface area (Å²) < 4.78 is 0. The van der Waals surface area contributed by atoms with Crippen molar-refractivity contribution in [1.29, 1.82) is 0 Å². The molecule has 0 aromatic heterocycles. The van der Waals surface area contributed by atoms with Gasteiger partial charge >= 0.3 is 0 Å². The maximum atomic E-state index is 10.9. The van der Waals surface area contributed by atoms with Crippen LogP contribution in [0.5, 0.6) is 0 Å². The van der Waals surface area contributed by atoms with Crippen molar-refractivity contribution >= 4 is 23.5 Å². The molecule has 0 radical (unpaired) electrons. The van der Waals surface area contributed by atoms with Crippen LogP contribution in [0.15, 0.2) is 16.1 Å². The quantitative estimate of drug-likeness (QED) is 0.512. The lowest BCUT2D eigenvalue weighted by Gasteiger charge is -2.20. The van der Waals surface area contributed by atoms with Crippen molar-refractivity contribution in [2.24, 2.45) is 9.98 Å². The van der Waals surface area contributed by atoms with E-state index in [0.717, 1.165) is 36.0 Å². The van der Waals surface area contributed by atoms with Gasteiger partial charge in [0.2, 0.25) is 12.2 Å². The Morgan fingerprint density at radius 1 is 0.955 bits per heavy atom. The largest absolute Gasteiger partial charge is 0.240 e. The van der Waals surface area contributed by atoms with Gasteiger partial charge in [0.25, 0.3) is 0 Å². The van der Waals surface area contributed by atoms with E-state index in [9.17, 15) is 9.59 Å². The molecule has 0 aliphatic rings. The Labute approximate surface area is 132 Å². The Morgan fingerprint density at radius 2 is 1.41 bits per heavy atom. The van der Waals surface area contributed by atoms with Crippen LogP contribution < -0.4 is 0 Å². The number of hydrogen-bond donors (Lipinski definition) is 0. The highest BCUT2D eigenvalue weighted by atomic mass is 16.1. The maximum absolute atomic E-state index is 10.9. The van der Waals surface area contributed by atoms with Crippen LogP contribution in [-0.2, 0) is 16.0 Å². The van der Waals surface area contributed by atoms with E-state index in [1.807, 2.05) is 6.07 Å². The van der Waals surface area contributed by atoms with Gasteiger partial charge in [-0.15, -0.1) is 0 Å². The molecule has 0 bridgehead atoms. The monoisotopic (exact) mass is 300 g/mol. The van der Waals surface area contributed by atoms with E-state index in [2.05, 4.69) is 44.6 Å². The molecule has 1 aromatic carbocycles. The zero-order valence-electron chi connectivity index (χ0n) is 14.1. The maximum Gasteiger partial charge on any atom is 0.240 e. The van der Waals surface area contributed by atoms with E-state index in [4.69, 9.17) is 0 Å². The summed E-state index contributed by atoms with van der Waals surface area (Å²) >= 11 is 0. The molecule has 0 spiro atoms. The molecule has 22 heavy (non-hydrogen) atoms. The Kier molecular flexibility index (Phi) is 6.91. The smallest absolute Gasteiger partial charge is 0.211 e. The highest BCUT2D eigenvalue weighted by Gasteiger charge is 2.20. The lowest BCUT2D eigenvalue weighted by molar-refractivity contribution is 0.564. The van der Waals surface area contributed by atoms with Crippen molar-refractivity contribution < 1.29 is 9.59 Å². The Hall–Kier alpha value is -2.02. The van der Waals surface area contributed by atoms with Crippen molar-refractivity contribution in [3.05, 3.63) is 22.8 Å². The summed E-state index contributed by atoms with van der Waals surface area (Å²) in [6, 6.07) is 2.01. The molecule has 118 valence electrons. The Balaban J connectivity index is 3.81. The average molecular weight is 300 g/mol. The molecular weight excluding hydrogens is 276 g/mol. The fourth-order valence-electron chi connectivity index (χ4n) is 2.59. The summed E-state index contributed by atoms with van der Waals surface area (Å²) in [6.07, 6.45) is 5.99. The Morgan fingerprint density at radius 3 is 1.73 bits per heavy atom. The predicted octanol–water partition coefficient (Wildman–Crippen LogP) is 5.21. The topological polar surface area (TPSA) is 58.9 Å². The van der Waals surface area contributed by atoms with Gasteiger partial charge in [-0.05, 0) is 35.8 Å². The summed E-state index contributed by atoms with van der Waals surface area (Å²) in [7, 11) is 0. The van der Waals surface area contributed by atoms with Crippen LogP contribution in [0.4, 0.5) is 11.4 Å². The number of rotatable bonds is 7. The standard InChI is InChI=1S/C18H24N2O2/c1-6-7-8-14-17(19-10-21)15(12(2)3)9-16(13(4)5)18(14)20-11-22/h9,12-13H,6-8H2,1-5H3. The van der Waals surface area contributed by atoms with Gasteiger partial charge in [0.05, 0.1) is 11.4 Å². The van der Waals surface area contributed by atoms with E-state index in [0.29, 0.717) is 11.4 Å². The van der Waals surface area contributed by atoms with E-state index in [-0.39, 0.29) is 11.8 Å². The van der Waals surface area contributed by atoms with Crippen LogP contribution >= 0.6 is 0 Å². The van der Waals surface area contributed by atoms with Crippen LogP contribution in [0.25, 0.3) is 0 Å². The second-order valence-corrected chi connectivity index (χ2v) is 6.05. The van der Waals surface area contributed by atoms with Gasteiger partial charge in [-0.2, -0.15) is 9.98 Å². The van der Waals surface area contributed by atoms with E-state index < -0.39 is 0 Å². The highest BCUT2D eigenvalue weighted by molar-refractivity contribution is 5.73. The minimum Gasteiger partial charge on any atom is -0.211 e. The SMILES string of the molecule is CCCCc1c(N=C=O)c(C(C)C)cc(C(C)C)c1N=C=O. The first-order chi connectivity index (χ1) is 10.5. The molecule has 0 fully saturated rings. The van der Waals surface area contributed by atoms with Crippen LogP contribution in [0, 0.1) is 0 Å². The Bertz CT molecular complexity index is 572. The zero-order chi connectivity index (χ0) is 16.7. The van der Waals surface area contributed by atoms with Crippen molar-refractivity contribution in [3.8, 4) is 0 Å². The van der Waals surface area contributed by atoms with Gasteiger partial charge < -0.3 is 0 Å². The molecule has 0 atom stereocenters. The first-order valence-corrected chi connectivity index (χ1v) is 7.83. The molecule has 1 rings (SSSR count). The predicted molar refractivity (Wildman–Crippen MR) is 88.8 cm³/mol. The molecule has 0 heterocycles. The van der Waals surface area contributed by atoms with Crippen LogP contribution in [0.2, 0.25) is 0 Å². The number of unbranched alkanes of at least 4 members (excludes halogenated alkanes) is 1. The van der Waals surface area contributed by atoms with Gasteiger partial charge in [0.15, 0.2) is 0 Å². The molecule has 0 aliphatic carbocycles. The van der Waals surface area contributed by atoms with Crippen molar-refractivity contribution in [2.45, 2.75) is 65.7 Å². The molecule has 0 saturated heterocycles. The van der Waals surface area contributed by atoms with Crippen molar-refractivity contribution in [2.75, 3.05) is 0 Å². The summed E-state index contributed by atoms with van der Waals surface area (Å²) in [5.74, 6) is 0.443. The number of aliphatic imine (C=N–C) groups is 2. The highest BCUT2D eigenvalue weighted by Crippen LogP contribution is 2.42. The van der Waals surface area contributed by atoms with Gasteiger partial charge in [-0.25, -0.2) is 9.59 Å². The van der Waals surface area contributed by atoms with E-state index >= 15 is 0 Å². The number of carbonyl (C=O) groups excluding carboxylic acids is 2. The molecule has 0 aliphatic heterocycles. The molecule has 0 N–H and O–H groups in total. The summed E-state index contributed by atoms with van der Waals surface area (Å²) in [4.78, 5) is 29.6. The normalized spacial score (nSPS) is 10.5. The van der Waals surface area contributed by atoms with Gasteiger partial charge in [0, 0.05) is 5.56 Å². The second-order valence-electron chi connectivity index (χ2n) is 6.05. The fraction of sp³-hybridized carbons (Fsp3) is 0.556. The van der Waals surface area contributed by atoms with Crippen LogP contribution in [0.3, 0.4) is 0 Å². The summed E-state index contributed by atoms with van der Waals surface area (Å²) in [5.41, 5.74) is 4.11. The van der Waals surface area contributed by atoms with E-state index in [1.165, 1.54) is 0 Å². The molecule has 4 heteroatoms. The van der Waals surface area contributed by atoms with Crippen molar-refractivity contribution in [3.63, 3.8) is 0 Å². The third-order valence-corrected chi connectivity index (χ3v) is 3.77. The molecule has 0 unspecified atom stereocenters. The molecule has 4 nitrogen and oxygen atoms in total. The lowest BCUT2D eigenvalue weighted by Crippen LogP contribution is -2.01. The first-order valence-electron chi connectivity index (χ1n) is 7.83. The second kappa shape index (κ2) is 8.43. The number of isocyanates is 2. The van der Waals surface area contributed by atoms with Gasteiger partial charge in [-0.3, -0.25) is 0 Å². The average Bonchev–Trinajstić information content (AvgIpc) is 2.46. The third kappa shape index (κ3) is 4.00. The summed E-state index contributed by atoms with van der Waals surface area (Å²) in [5, 5.41) is 0. The van der Waals surface area contributed by atoms with E-state index in [1.54, 1.807) is 12.2 Å². The van der Waals surface area contributed by atoms with Gasteiger partial charge in [-0.1, -0.05) is 47.1 Å². The third-order valence-electron chi connectivity index (χ3n) is 3.77. The first kappa shape index (κ1) is 18.0. The summed E-state index contributed by atoms with van der Waals surface area (Å²) in [6.45, 7) is 10.4. The van der Waals surface area contributed by atoms with Crippen LogP contribution in [0.1, 0.15) is 76.0 Å². The number of nitrogens with zero attached hydrogens (tertiary/aromatic N) is 2. The van der Waals surface area contributed by atoms with Crippen LogP contribution in [-0.4, -0.2) is 12.2 Å². The molecule has 0 saturated carbocycles. The fourth-order valence-corrected chi connectivity index (χ4v) is 2.59. The molecular formula is C18H24N2O2. The van der Waals surface area contributed by atoms with Crippen molar-refractivity contribution in [1.82, 2.24) is 0 Å². The lowest BCUT2D eigenvalue weighted by atomic mass is 9.87. The zero-order valence-corrected chi connectivity index (χ0v) is 14.1. The minimum absolute atomic E-state index is 0.222.